The fourth-order valence-corrected chi connectivity index (χ4v) is 4.14. The third-order valence-corrected chi connectivity index (χ3v) is 5.36. The Balaban J connectivity index is 1.91. The van der Waals surface area contributed by atoms with E-state index in [0.29, 0.717) is 6.61 Å². The molecule has 4 rings (SSSR count). The van der Waals surface area contributed by atoms with Crippen LogP contribution >= 0.6 is 11.8 Å². The predicted molar refractivity (Wildman–Crippen MR) is 102 cm³/mol. The van der Waals surface area contributed by atoms with Crippen molar-refractivity contribution in [1.82, 2.24) is 4.98 Å². The third-order valence-electron chi connectivity index (χ3n) is 4.34. The van der Waals surface area contributed by atoms with Crippen molar-refractivity contribution in [3.63, 3.8) is 0 Å². The smallest absolute Gasteiger partial charge is 0.155 e. The Morgan fingerprint density at radius 1 is 1.32 bits per heavy atom. The van der Waals surface area contributed by atoms with Crippen LogP contribution in [0, 0.1) is 0 Å². The molecule has 0 saturated carbocycles. The van der Waals surface area contributed by atoms with Gasteiger partial charge in [-0.15, -0.1) is 11.8 Å². The number of nitrogens with zero attached hydrogens (tertiary/aromatic N) is 3. The Hall–Kier alpha value is -2.21. The van der Waals surface area contributed by atoms with Gasteiger partial charge in [-0.1, -0.05) is 6.92 Å². The summed E-state index contributed by atoms with van der Waals surface area (Å²) in [7, 11) is 3.88. The summed E-state index contributed by atoms with van der Waals surface area (Å²) in [6.07, 6.45) is 0.952. The molecule has 0 bridgehead atoms. The number of hydrogen-bond acceptors (Lipinski definition) is 6. The highest BCUT2D eigenvalue weighted by Gasteiger charge is 2.19. The molecule has 0 saturated heterocycles. The van der Waals surface area contributed by atoms with Crippen LogP contribution in [0.25, 0.3) is 22.6 Å². The van der Waals surface area contributed by atoms with Crippen molar-refractivity contribution in [1.29, 1.82) is 0 Å². The van der Waals surface area contributed by atoms with Gasteiger partial charge in [0.2, 0.25) is 0 Å². The first-order valence-corrected chi connectivity index (χ1v) is 9.50. The molecule has 6 heteroatoms. The molecule has 1 aliphatic carbocycles. The van der Waals surface area contributed by atoms with Gasteiger partial charge < -0.3 is 14.1 Å². The molecular weight excluding hydrogens is 334 g/mol. The first kappa shape index (κ1) is 16.3. The quantitative estimate of drug-likeness (QED) is 0.669. The summed E-state index contributed by atoms with van der Waals surface area (Å²) in [5, 5.41) is 0.788. The standard InChI is InChI=1S/C19H21N3O2S/c1-4-6-23-16-9-13-17(8-12(16)20-2)24-18-11-15-19(10-14(18)21-13)25-7-5-22(15)3/h8-11H,4-7H2,1-3H3. The summed E-state index contributed by atoms with van der Waals surface area (Å²) in [5.74, 6) is 2.57. The first-order valence-electron chi connectivity index (χ1n) is 8.52. The van der Waals surface area contributed by atoms with E-state index < -0.39 is 0 Å². The van der Waals surface area contributed by atoms with E-state index in [2.05, 4.69) is 36.0 Å². The average Bonchev–Trinajstić information content (AvgIpc) is 2.63. The number of thioether (sulfide) groups is 1. The summed E-state index contributed by atoms with van der Waals surface area (Å²) < 4.78 is 12.0. The highest BCUT2D eigenvalue weighted by atomic mass is 32.2. The van der Waals surface area contributed by atoms with Gasteiger partial charge in [0.1, 0.15) is 22.3 Å². The molecule has 0 aromatic heterocycles. The highest BCUT2D eigenvalue weighted by Crippen LogP contribution is 2.38. The van der Waals surface area contributed by atoms with E-state index in [1.54, 1.807) is 7.05 Å². The second kappa shape index (κ2) is 6.59. The summed E-state index contributed by atoms with van der Waals surface area (Å²) in [4.78, 5) is 12.6. The van der Waals surface area contributed by atoms with Crippen LogP contribution in [0.1, 0.15) is 13.3 Å². The van der Waals surface area contributed by atoms with Crippen LogP contribution in [0.5, 0.6) is 5.75 Å². The molecule has 0 fully saturated rings. The molecule has 0 atom stereocenters. The maximum atomic E-state index is 6.15. The molecule has 2 aliphatic heterocycles. The van der Waals surface area contributed by atoms with E-state index in [9.17, 15) is 0 Å². The number of anilines is 1. The molecule has 0 N–H and O–H groups in total. The molecular formula is C19H21N3O2S. The summed E-state index contributed by atoms with van der Waals surface area (Å²) >= 11 is 1.87. The van der Waals surface area contributed by atoms with Crippen molar-refractivity contribution in [2.45, 2.75) is 18.2 Å². The summed E-state index contributed by atoms with van der Waals surface area (Å²) in [6.45, 7) is 3.79. The maximum absolute atomic E-state index is 6.15. The van der Waals surface area contributed by atoms with E-state index in [1.807, 2.05) is 23.9 Å². The monoisotopic (exact) mass is 355 g/mol. The fourth-order valence-electron chi connectivity index (χ4n) is 2.99. The topological polar surface area (TPSA) is 50.9 Å². The molecule has 1 aromatic rings. The Morgan fingerprint density at radius 3 is 3.00 bits per heavy atom. The Bertz CT molecular complexity index is 967. The molecule has 0 radical (unpaired) electrons. The van der Waals surface area contributed by atoms with Crippen molar-refractivity contribution >= 4 is 28.5 Å². The van der Waals surface area contributed by atoms with Gasteiger partial charge in [0.15, 0.2) is 11.3 Å². The fraction of sp³-hybridized carbons (Fsp3) is 0.368. The number of hydrogen-bond donors (Lipinski definition) is 0. The average molecular weight is 355 g/mol. The van der Waals surface area contributed by atoms with Crippen molar-refractivity contribution in [3.05, 3.63) is 29.6 Å². The lowest BCUT2D eigenvalue weighted by Gasteiger charge is -2.27. The predicted octanol–water partition coefficient (Wildman–Crippen LogP) is 3.79. The molecule has 0 unspecified atom stereocenters. The molecule has 3 aliphatic rings. The Labute approximate surface area is 151 Å². The van der Waals surface area contributed by atoms with Crippen molar-refractivity contribution < 1.29 is 9.15 Å². The van der Waals surface area contributed by atoms with Crippen molar-refractivity contribution in [3.8, 4) is 17.2 Å². The Morgan fingerprint density at radius 2 is 2.20 bits per heavy atom. The second-order valence-electron chi connectivity index (χ2n) is 6.13. The van der Waals surface area contributed by atoms with E-state index in [0.717, 1.165) is 52.4 Å². The number of aromatic nitrogens is 1. The minimum absolute atomic E-state index is 0.662. The first-order chi connectivity index (χ1) is 12.2. The summed E-state index contributed by atoms with van der Waals surface area (Å²) in [5.41, 5.74) is 3.67. The highest BCUT2D eigenvalue weighted by molar-refractivity contribution is 7.99. The van der Waals surface area contributed by atoms with E-state index in [4.69, 9.17) is 14.1 Å². The molecule has 0 amide bonds. The summed E-state index contributed by atoms with van der Waals surface area (Å²) in [6, 6.07) is 8.05. The molecule has 5 nitrogen and oxygen atoms in total. The normalized spacial score (nSPS) is 15.0. The zero-order valence-corrected chi connectivity index (χ0v) is 15.5. The lowest BCUT2D eigenvalue weighted by molar-refractivity contribution is 0.313. The van der Waals surface area contributed by atoms with Crippen molar-refractivity contribution in [2.75, 3.05) is 37.9 Å². The van der Waals surface area contributed by atoms with Crippen LogP contribution < -0.4 is 15.0 Å². The van der Waals surface area contributed by atoms with Gasteiger partial charge in [0.05, 0.1) is 12.3 Å². The van der Waals surface area contributed by atoms with Crippen LogP contribution in [0.2, 0.25) is 0 Å². The van der Waals surface area contributed by atoms with Gasteiger partial charge in [0.25, 0.3) is 0 Å². The minimum atomic E-state index is 0.662. The number of ether oxygens (including phenoxy) is 1. The van der Waals surface area contributed by atoms with E-state index in [-0.39, 0.29) is 0 Å². The zero-order valence-electron chi connectivity index (χ0n) is 14.7. The Kier molecular flexibility index (Phi) is 4.29. The maximum Gasteiger partial charge on any atom is 0.155 e. The van der Waals surface area contributed by atoms with Crippen LogP contribution in [0.4, 0.5) is 5.69 Å². The molecule has 0 spiro atoms. The van der Waals surface area contributed by atoms with Gasteiger partial charge in [-0.25, -0.2) is 4.98 Å². The molecule has 25 heavy (non-hydrogen) atoms. The third kappa shape index (κ3) is 2.95. The zero-order chi connectivity index (χ0) is 17.4. The van der Waals surface area contributed by atoms with Gasteiger partial charge in [-0.2, -0.15) is 0 Å². The van der Waals surface area contributed by atoms with Gasteiger partial charge in [-0.3, -0.25) is 4.99 Å². The van der Waals surface area contributed by atoms with E-state index >= 15 is 0 Å². The lowest BCUT2D eigenvalue weighted by Crippen LogP contribution is -2.24. The van der Waals surface area contributed by atoms with Gasteiger partial charge >= 0.3 is 0 Å². The van der Waals surface area contributed by atoms with Crippen LogP contribution in [0.3, 0.4) is 0 Å². The van der Waals surface area contributed by atoms with Gasteiger partial charge in [-0.05, 0) is 12.5 Å². The van der Waals surface area contributed by atoms with Crippen molar-refractivity contribution in [2.24, 2.45) is 4.99 Å². The lowest BCUT2D eigenvalue weighted by atomic mass is 10.2. The minimum Gasteiger partial charge on any atom is -0.491 e. The molecule has 2 heterocycles. The number of rotatable bonds is 3. The SMILES string of the molecule is CCCOc1cc2nc3cc4c(cc3oc-2cc1=NC)N(C)CCS4. The largest absolute Gasteiger partial charge is 0.491 e. The second-order valence-corrected chi connectivity index (χ2v) is 7.27. The van der Waals surface area contributed by atoms with Gasteiger partial charge in [0, 0.05) is 49.5 Å². The van der Waals surface area contributed by atoms with Crippen LogP contribution in [-0.2, 0) is 0 Å². The van der Waals surface area contributed by atoms with Crippen LogP contribution in [-0.4, -0.2) is 38.0 Å². The number of fused-ring (bicyclic) bond motifs is 3. The van der Waals surface area contributed by atoms with Crippen LogP contribution in [0.15, 0.2) is 38.6 Å². The van der Waals surface area contributed by atoms with E-state index in [1.165, 1.54) is 10.6 Å². The number of benzene rings is 2. The molecule has 130 valence electrons. The molecule has 1 aromatic carbocycles.